The highest BCUT2D eigenvalue weighted by atomic mass is 16.5. The largest absolute Gasteiger partial charge is 0.381 e. The number of hydrogen-bond donors (Lipinski definition) is 1. The first kappa shape index (κ1) is 16.2. The van der Waals surface area contributed by atoms with Crippen molar-refractivity contribution in [3.63, 3.8) is 0 Å². The maximum atomic E-state index is 5.57. The molecule has 1 atom stereocenters. The molecule has 2 aliphatic rings. The molecule has 0 bridgehead atoms. The van der Waals surface area contributed by atoms with Gasteiger partial charge in [0.25, 0.3) is 0 Å². The van der Waals surface area contributed by atoms with Crippen LogP contribution >= 0.6 is 0 Å². The van der Waals surface area contributed by atoms with E-state index >= 15 is 0 Å². The molecule has 2 fully saturated rings. The van der Waals surface area contributed by atoms with Crippen molar-refractivity contribution in [3.8, 4) is 0 Å². The topological polar surface area (TPSA) is 27.7 Å². The Morgan fingerprint density at radius 1 is 1.15 bits per heavy atom. The van der Waals surface area contributed by atoms with E-state index in [0.717, 1.165) is 25.8 Å². The van der Waals surface area contributed by atoms with Gasteiger partial charge >= 0.3 is 0 Å². The molecule has 2 heterocycles. The molecule has 1 N–H and O–H groups in total. The Morgan fingerprint density at radius 2 is 1.80 bits per heavy atom. The summed E-state index contributed by atoms with van der Waals surface area (Å²) in [4.78, 5) is 5.33. The predicted molar refractivity (Wildman–Crippen MR) is 84.2 cm³/mol. The fourth-order valence-corrected chi connectivity index (χ4v) is 3.66. The zero-order valence-electron chi connectivity index (χ0n) is 13.7. The number of nitrogens with zero attached hydrogens (tertiary/aromatic N) is 2. The normalized spacial score (nSPS) is 26.6. The van der Waals surface area contributed by atoms with Crippen molar-refractivity contribution in [1.82, 2.24) is 15.1 Å². The number of piperazine rings is 1. The molecule has 0 saturated carbocycles. The van der Waals surface area contributed by atoms with Gasteiger partial charge in [0.15, 0.2) is 0 Å². The molecule has 118 valence electrons. The third kappa shape index (κ3) is 4.17. The summed E-state index contributed by atoms with van der Waals surface area (Å²) >= 11 is 0. The summed E-state index contributed by atoms with van der Waals surface area (Å²) in [5.41, 5.74) is 0.436. The van der Waals surface area contributed by atoms with Crippen molar-refractivity contribution in [2.75, 3.05) is 59.5 Å². The van der Waals surface area contributed by atoms with Gasteiger partial charge in [-0.05, 0) is 38.6 Å². The number of hydrogen-bond acceptors (Lipinski definition) is 4. The SMILES string of the molecule is CCC(C)N1CCN(CC2(CNC)CCOCC2)CC1. The Balaban J connectivity index is 1.83. The summed E-state index contributed by atoms with van der Waals surface area (Å²) in [6, 6.07) is 0.742. The molecule has 0 radical (unpaired) electrons. The molecule has 0 amide bonds. The lowest BCUT2D eigenvalue weighted by molar-refractivity contribution is -0.0140. The van der Waals surface area contributed by atoms with Crippen molar-refractivity contribution in [1.29, 1.82) is 0 Å². The van der Waals surface area contributed by atoms with Crippen molar-refractivity contribution >= 4 is 0 Å². The van der Waals surface area contributed by atoms with E-state index in [-0.39, 0.29) is 0 Å². The smallest absolute Gasteiger partial charge is 0.0472 e. The standard InChI is InChI=1S/C16H33N3O/c1-4-15(2)19-9-7-18(8-10-19)14-16(13-17-3)5-11-20-12-6-16/h15,17H,4-14H2,1-3H3. The van der Waals surface area contributed by atoms with Gasteiger partial charge in [0.1, 0.15) is 0 Å². The molecule has 2 saturated heterocycles. The first-order chi connectivity index (χ1) is 9.69. The van der Waals surface area contributed by atoms with E-state index in [1.165, 1.54) is 52.0 Å². The van der Waals surface area contributed by atoms with E-state index in [1.54, 1.807) is 0 Å². The van der Waals surface area contributed by atoms with Crippen LogP contribution in [0.5, 0.6) is 0 Å². The van der Waals surface area contributed by atoms with Gasteiger partial charge in [-0.15, -0.1) is 0 Å². The molecular weight excluding hydrogens is 250 g/mol. The second kappa shape index (κ2) is 7.74. The van der Waals surface area contributed by atoms with Gasteiger partial charge in [-0.25, -0.2) is 0 Å². The minimum atomic E-state index is 0.436. The van der Waals surface area contributed by atoms with Crippen LogP contribution < -0.4 is 5.32 Å². The summed E-state index contributed by atoms with van der Waals surface area (Å²) in [6.45, 7) is 13.8. The quantitative estimate of drug-likeness (QED) is 0.798. The van der Waals surface area contributed by atoms with Crippen LogP contribution in [-0.2, 0) is 4.74 Å². The van der Waals surface area contributed by atoms with Crippen molar-refractivity contribution in [2.45, 2.75) is 39.2 Å². The third-order valence-electron chi connectivity index (χ3n) is 5.29. The lowest BCUT2D eigenvalue weighted by atomic mass is 9.79. The first-order valence-electron chi connectivity index (χ1n) is 8.38. The minimum Gasteiger partial charge on any atom is -0.381 e. The molecule has 0 aliphatic carbocycles. The molecule has 0 aromatic heterocycles. The van der Waals surface area contributed by atoms with E-state index in [9.17, 15) is 0 Å². The van der Waals surface area contributed by atoms with Crippen LogP contribution in [0, 0.1) is 5.41 Å². The van der Waals surface area contributed by atoms with E-state index in [0.29, 0.717) is 5.41 Å². The molecular formula is C16H33N3O. The molecule has 0 aromatic rings. The third-order valence-corrected chi connectivity index (χ3v) is 5.29. The Labute approximate surface area is 124 Å². The monoisotopic (exact) mass is 283 g/mol. The summed E-state index contributed by atoms with van der Waals surface area (Å²) in [5.74, 6) is 0. The van der Waals surface area contributed by atoms with Crippen LogP contribution in [0.3, 0.4) is 0 Å². The maximum Gasteiger partial charge on any atom is 0.0472 e. The van der Waals surface area contributed by atoms with Gasteiger partial charge in [0.05, 0.1) is 0 Å². The van der Waals surface area contributed by atoms with Crippen LogP contribution in [0.1, 0.15) is 33.1 Å². The van der Waals surface area contributed by atoms with Crippen LogP contribution in [0.25, 0.3) is 0 Å². The van der Waals surface area contributed by atoms with Crippen molar-refractivity contribution in [3.05, 3.63) is 0 Å². The average Bonchev–Trinajstić information content (AvgIpc) is 2.48. The summed E-state index contributed by atoms with van der Waals surface area (Å²) in [6.07, 6.45) is 3.68. The van der Waals surface area contributed by atoms with Crippen LogP contribution in [-0.4, -0.2) is 75.4 Å². The van der Waals surface area contributed by atoms with Crippen LogP contribution in [0.4, 0.5) is 0 Å². The Kier molecular flexibility index (Phi) is 6.27. The summed E-state index contributed by atoms with van der Waals surface area (Å²) < 4.78 is 5.57. The van der Waals surface area contributed by atoms with Crippen LogP contribution in [0.2, 0.25) is 0 Å². The molecule has 4 nitrogen and oxygen atoms in total. The lowest BCUT2D eigenvalue weighted by Gasteiger charge is -2.44. The van der Waals surface area contributed by atoms with Crippen molar-refractivity contribution in [2.24, 2.45) is 5.41 Å². The summed E-state index contributed by atoms with van der Waals surface area (Å²) in [5, 5.41) is 3.41. The average molecular weight is 283 g/mol. The summed E-state index contributed by atoms with van der Waals surface area (Å²) in [7, 11) is 2.08. The Morgan fingerprint density at radius 3 is 2.35 bits per heavy atom. The fourth-order valence-electron chi connectivity index (χ4n) is 3.66. The van der Waals surface area contributed by atoms with E-state index in [2.05, 4.69) is 36.0 Å². The minimum absolute atomic E-state index is 0.436. The van der Waals surface area contributed by atoms with Gasteiger partial charge in [-0.1, -0.05) is 6.92 Å². The van der Waals surface area contributed by atoms with E-state index in [1.807, 2.05) is 0 Å². The van der Waals surface area contributed by atoms with Gasteiger partial charge < -0.3 is 15.0 Å². The Hall–Kier alpha value is -0.160. The highest BCUT2D eigenvalue weighted by Gasteiger charge is 2.34. The van der Waals surface area contributed by atoms with E-state index < -0.39 is 0 Å². The highest BCUT2D eigenvalue weighted by Crippen LogP contribution is 2.31. The molecule has 2 rings (SSSR count). The van der Waals surface area contributed by atoms with Gasteiger partial charge in [0, 0.05) is 58.5 Å². The number of ether oxygens (including phenoxy) is 1. The second-order valence-electron chi connectivity index (χ2n) is 6.71. The maximum absolute atomic E-state index is 5.57. The molecule has 1 unspecified atom stereocenters. The number of rotatable bonds is 6. The molecule has 2 aliphatic heterocycles. The van der Waals surface area contributed by atoms with Gasteiger partial charge in [-0.3, -0.25) is 4.90 Å². The highest BCUT2D eigenvalue weighted by molar-refractivity contribution is 4.88. The molecule has 0 spiro atoms. The zero-order valence-corrected chi connectivity index (χ0v) is 13.7. The lowest BCUT2D eigenvalue weighted by Crippen LogP contribution is -2.54. The molecule has 4 heteroatoms. The predicted octanol–water partition coefficient (Wildman–Crippen LogP) is 1.42. The van der Waals surface area contributed by atoms with Crippen LogP contribution in [0.15, 0.2) is 0 Å². The van der Waals surface area contributed by atoms with Gasteiger partial charge in [0.2, 0.25) is 0 Å². The second-order valence-corrected chi connectivity index (χ2v) is 6.71. The fraction of sp³-hybridized carbons (Fsp3) is 1.00. The zero-order chi connectivity index (χ0) is 14.4. The van der Waals surface area contributed by atoms with Gasteiger partial charge in [-0.2, -0.15) is 0 Å². The van der Waals surface area contributed by atoms with Crippen molar-refractivity contribution < 1.29 is 4.74 Å². The molecule has 20 heavy (non-hydrogen) atoms. The van der Waals surface area contributed by atoms with E-state index in [4.69, 9.17) is 4.74 Å². The Bertz CT molecular complexity index is 265. The molecule has 0 aromatic carbocycles. The number of nitrogens with one attached hydrogen (secondary N) is 1. The first-order valence-corrected chi connectivity index (χ1v) is 8.38.